The van der Waals surface area contributed by atoms with Crippen LogP contribution < -0.4 is 21.6 Å². The van der Waals surface area contributed by atoms with Crippen LogP contribution in [0.2, 0.25) is 0 Å². The average Bonchev–Trinajstić information content (AvgIpc) is 3.50. The van der Waals surface area contributed by atoms with Crippen molar-refractivity contribution in [2.45, 2.75) is 50.4 Å². The molecule has 0 bridgehead atoms. The third kappa shape index (κ3) is 5.69. The van der Waals surface area contributed by atoms with E-state index in [0.717, 1.165) is 24.9 Å². The number of benzene rings is 2. The van der Waals surface area contributed by atoms with Gasteiger partial charge in [0.15, 0.2) is 5.82 Å². The monoisotopic (exact) mass is 511 g/mol. The largest absolute Gasteiger partial charge is 0.357 e. The Bertz CT molecular complexity index is 1170. The van der Waals surface area contributed by atoms with E-state index < -0.39 is 24.2 Å². The third-order valence-electron chi connectivity index (χ3n) is 7.14. The number of halogens is 2. The fourth-order valence-corrected chi connectivity index (χ4v) is 4.94. The van der Waals surface area contributed by atoms with Gasteiger partial charge in [0.2, 0.25) is 11.8 Å². The molecule has 3 atom stereocenters. The van der Waals surface area contributed by atoms with E-state index in [1.165, 1.54) is 11.0 Å². The Morgan fingerprint density at radius 2 is 1.95 bits per heavy atom. The molecule has 2 amide bonds. The molecule has 2 fully saturated rings. The lowest BCUT2D eigenvalue weighted by Crippen LogP contribution is -2.97. The maximum Gasteiger partial charge on any atom is 0.243 e. The summed E-state index contributed by atoms with van der Waals surface area (Å²) in [6, 6.07) is 12.8. The zero-order valence-electron chi connectivity index (χ0n) is 20.8. The molecule has 2 aromatic rings. The van der Waals surface area contributed by atoms with Crippen molar-refractivity contribution in [3.05, 3.63) is 83.1 Å². The van der Waals surface area contributed by atoms with E-state index in [9.17, 15) is 18.4 Å². The molecule has 5 N–H and O–H groups in total. The van der Waals surface area contributed by atoms with Crippen molar-refractivity contribution in [3.63, 3.8) is 0 Å². The van der Waals surface area contributed by atoms with Crippen LogP contribution in [0.15, 0.2) is 60.6 Å². The normalized spacial score (nSPS) is 21.9. The van der Waals surface area contributed by atoms with Gasteiger partial charge in [0, 0.05) is 6.42 Å². The van der Waals surface area contributed by atoms with Crippen molar-refractivity contribution < 1.29 is 23.9 Å². The maximum absolute atomic E-state index is 14.9. The number of hydrogen-bond donors (Lipinski definition) is 4. The Hall–Kier alpha value is -3.66. The number of alkyl halides is 1. The fourth-order valence-electron chi connectivity index (χ4n) is 4.94. The molecule has 2 heterocycles. The highest BCUT2D eigenvalue weighted by molar-refractivity contribution is 5.89. The molecule has 2 aromatic carbocycles. The van der Waals surface area contributed by atoms with Crippen molar-refractivity contribution >= 4 is 11.8 Å². The van der Waals surface area contributed by atoms with Crippen molar-refractivity contribution in [2.75, 3.05) is 19.6 Å². The molecule has 8 nitrogen and oxygen atoms in total. The van der Waals surface area contributed by atoms with Crippen LogP contribution in [0.1, 0.15) is 54.8 Å². The zero-order valence-corrected chi connectivity index (χ0v) is 20.8. The molecule has 37 heavy (non-hydrogen) atoms. The van der Waals surface area contributed by atoms with Crippen LogP contribution >= 0.6 is 0 Å². The number of nitrogens with one attached hydrogen (secondary N) is 3. The minimum absolute atomic E-state index is 0.0727. The first-order valence-electron chi connectivity index (χ1n) is 12.8. The van der Waals surface area contributed by atoms with Gasteiger partial charge in [0.25, 0.3) is 0 Å². The van der Waals surface area contributed by atoms with E-state index in [1.54, 1.807) is 11.6 Å². The van der Waals surface area contributed by atoms with E-state index in [1.807, 2.05) is 54.5 Å². The molecule has 0 spiro atoms. The first kappa shape index (κ1) is 25.0. The molecule has 3 aliphatic rings. The van der Waals surface area contributed by atoms with Crippen molar-refractivity contribution in [1.82, 2.24) is 26.0 Å². The summed E-state index contributed by atoms with van der Waals surface area (Å²) in [6.45, 7) is 2.56. The summed E-state index contributed by atoms with van der Waals surface area (Å²) in [7, 11) is 0. The van der Waals surface area contributed by atoms with E-state index in [4.69, 9.17) is 0 Å². The SMILES string of the molecule is CCN1C=C(NCC(=O)N2C[C@H](F)C[C@H]2C(=O)N[C@@H](c2ccccc2)c2ccc(C3CC3)c(F)c2)N[NH2+]1. The Balaban J connectivity index is 1.31. The smallest absolute Gasteiger partial charge is 0.243 e. The maximum atomic E-state index is 14.9. The molecule has 2 aliphatic heterocycles. The van der Waals surface area contributed by atoms with E-state index in [2.05, 4.69) is 16.1 Å². The van der Waals surface area contributed by atoms with Gasteiger partial charge in [-0.3, -0.25) is 9.59 Å². The van der Waals surface area contributed by atoms with Gasteiger partial charge in [-0.25, -0.2) is 13.8 Å². The molecule has 0 unspecified atom stereocenters. The Morgan fingerprint density at radius 3 is 2.62 bits per heavy atom. The summed E-state index contributed by atoms with van der Waals surface area (Å²) in [5, 5.41) is 7.90. The van der Waals surface area contributed by atoms with Gasteiger partial charge in [-0.05, 0) is 48.4 Å². The first-order valence-corrected chi connectivity index (χ1v) is 12.8. The summed E-state index contributed by atoms with van der Waals surface area (Å²) in [4.78, 5) is 27.7. The van der Waals surface area contributed by atoms with Gasteiger partial charge in [-0.15, -0.1) is 5.53 Å². The Morgan fingerprint density at radius 1 is 1.16 bits per heavy atom. The Labute approximate surface area is 215 Å². The van der Waals surface area contributed by atoms with Crippen LogP contribution in [0.25, 0.3) is 0 Å². The number of nitrogens with two attached hydrogens (primary N) is 1. The van der Waals surface area contributed by atoms with Crippen LogP contribution in [0, 0.1) is 5.82 Å². The van der Waals surface area contributed by atoms with Gasteiger partial charge >= 0.3 is 0 Å². The number of amides is 2. The van der Waals surface area contributed by atoms with Crippen LogP contribution in [0.3, 0.4) is 0 Å². The first-order chi connectivity index (χ1) is 17.9. The summed E-state index contributed by atoms with van der Waals surface area (Å²) >= 11 is 0. The average molecular weight is 512 g/mol. The lowest BCUT2D eigenvalue weighted by atomic mass is 9.96. The van der Waals surface area contributed by atoms with Gasteiger partial charge in [0.1, 0.15) is 18.0 Å². The Kier molecular flexibility index (Phi) is 7.27. The molecule has 0 radical (unpaired) electrons. The zero-order chi connectivity index (χ0) is 25.9. The number of likely N-dealkylation sites (tertiary alicyclic amines) is 1. The highest BCUT2D eigenvalue weighted by Gasteiger charge is 2.40. The fraction of sp³-hybridized carbons (Fsp3) is 0.407. The van der Waals surface area contributed by atoms with E-state index in [-0.39, 0.29) is 37.2 Å². The predicted molar refractivity (Wildman–Crippen MR) is 133 cm³/mol. The molecule has 1 aliphatic carbocycles. The summed E-state index contributed by atoms with van der Waals surface area (Å²) in [6.07, 6.45) is 2.44. The third-order valence-corrected chi connectivity index (χ3v) is 7.14. The number of carbonyl (C=O) groups excluding carboxylic acids is 2. The number of nitrogens with zero attached hydrogens (tertiary/aromatic N) is 2. The van der Waals surface area contributed by atoms with Crippen LogP contribution in [0.4, 0.5) is 8.78 Å². The standard InChI is InChI=1S/C27H32F2N6O2/c1-2-34-16-24(32-33-34)30-14-25(36)35-15-20(28)13-23(35)27(37)31-26(18-6-4-3-5-7-18)19-10-11-21(17-8-9-17)22(29)12-19/h3-7,10-12,16-17,20,23,26,30,32-33H,2,8-9,13-15H2,1H3,(H,31,37)/p+1/t20-,23+,26+/m1/s1. The minimum atomic E-state index is -1.29. The molecular formula is C27H33F2N6O2+. The summed E-state index contributed by atoms with van der Waals surface area (Å²) in [5.41, 5.74) is 6.89. The molecule has 1 saturated heterocycles. The quantitative estimate of drug-likeness (QED) is 0.384. The van der Waals surface area contributed by atoms with Crippen molar-refractivity contribution in [2.24, 2.45) is 0 Å². The lowest BCUT2D eigenvalue weighted by Gasteiger charge is -2.27. The number of hydrogen-bond acceptors (Lipinski definition) is 5. The summed E-state index contributed by atoms with van der Waals surface area (Å²) in [5.74, 6) is -0.179. The van der Waals surface area contributed by atoms with Gasteiger partial charge < -0.3 is 15.5 Å². The molecule has 0 aromatic heterocycles. The minimum Gasteiger partial charge on any atom is -0.357 e. The highest BCUT2D eigenvalue weighted by Crippen LogP contribution is 2.42. The predicted octanol–water partition coefficient (Wildman–Crippen LogP) is 1.55. The van der Waals surface area contributed by atoms with Crippen LogP contribution in [0.5, 0.6) is 0 Å². The van der Waals surface area contributed by atoms with Crippen LogP contribution in [-0.2, 0) is 9.59 Å². The second-order valence-electron chi connectivity index (χ2n) is 9.80. The second-order valence-corrected chi connectivity index (χ2v) is 9.80. The molecule has 10 heteroatoms. The number of quaternary nitrogens is 1. The highest BCUT2D eigenvalue weighted by atomic mass is 19.1. The summed E-state index contributed by atoms with van der Waals surface area (Å²) < 4.78 is 29.4. The van der Waals surface area contributed by atoms with Gasteiger partial charge in [-0.1, -0.05) is 42.5 Å². The molecular weight excluding hydrogens is 478 g/mol. The molecule has 5 rings (SSSR count). The number of carbonyl (C=O) groups is 2. The van der Waals surface area contributed by atoms with Crippen LogP contribution in [-0.4, -0.2) is 53.6 Å². The number of rotatable bonds is 9. The van der Waals surface area contributed by atoms with E-state index >= 15 is 0 Å². The topological polar surface area (TPSA) is 93.3 Å². The molecule has 196 valence electrons. The van der Waals surface area contributed by atoms with E-state index in [0.29, 0.717) is 16.9 Å². The van der Waals surface area contributed by atoms with Crippen molar-refractivity contribution in [3.8, 4) is 0 Å². The molecule has 1 saturated carbocycles. The lowest BCUT2D eigenvalue weighted by molar-refractivity contribution is -0.822. The van der Waals surface area contributed by atoms with Crippen molar-refractivity contribution in [1.29, 1.82) is 0 Å². The van der Waals surface area contributed by atoms with Gasteiger partial charge in [0.05, 0.1) is 31.9 Å². The van der Waals surface area contributed by atoms with Gasteiger partial charge in [-0.2, -0.15) is 5.43 Å². The second kappa shape index (κ2) is 10.8.